The van der Waals surface area contributed by atoms with Crippen LogP contribution < -0.4 is 4.74 Å². The fraction of sp³-hybridized carbons (Fsp3) is 0.346. The van der Waals surface area contributed by atoms with Gasteiger partial charge in [-0.1, -0.05) is 25.8 Å². The standard InChI is InChI=1S/C26H24F4O2/c1-2-3-15-4-6-16(7-5-15)18-13-22(28)24(23(29)14-18)26(31)32-19-9-10-20-17(12-19)8-11-21(27)25(20)30/h8-16H,2-7H2,1H3. The molecule has 0 aliphatic heterocycles. The van der Waals surface area contributed by atoms with E-state index in [1.54, 1.807) is 0 Å². The van der Waals surface area contributed by atoms with Gasteiger partial charge in [0.05, 0.1) is 0 Å². The summed E-state index contributed by atoms with van der Waals surface area (Å²) < 4.78 is 61.8. The Kier molecular flexibility index (Phi) is 6.49. The number of fused-ring (bicyclic) bond motifs is 1. The van der Waals surface area contributed by atoms with E-state index in [2.05, 4.69) is 6.92 Å². The van der Waals surface area contributed by atoms with E-state index in [0.717, 1.165) is 38.2 Å². The Morgan fingerprint density at radius 1 is 0.906 bits per heavy atom. The number of hydrogen-bond donors (Lipinski definition) is 0. The molecule has 0 N–H and O–H groups in total. The van der Waals surface area contributed by atoms with E-state index in [4.69, 9.17) is 4.74 Å². The lowest BCUT2D eigenvalue weighted by molar-refractivity contribution is 0.0724. The maximum atomic E-state index is 14.7. The number of hydrogen-bond acceptors (Lipinski definition) is 2. The van der Waals surface area contributed by atoms with E-state index >= 15 is 0 Å². The third-order valence-electron chi connectivity index (χ3n) is 6.37. The van der Waals surface area contributed by atoms with Crippen LogP contribution in [0.25, 0.3) is 10.8 Å². The number of carbonyl (C=O) groups is 1. The molecule has 0 amide bonds. The van der Waals surface area contributed by atoms with Crippen molar-refractivity contribution >= 4 is 16.7 Å². The third kappa shape index (κ3) is 4.50. The fourth-order valence-electron chi connectivity index (χ4n) is 4.68. The highest BCUT2D eigenvalue weighted by Gasteiger charge is 2.26. The van der Waals surface area contributed by atoms with Gasteiger partial charge in [-0.05, 0) is 84.9 Å². The van der Waals surface area contributed by atoms with Crippen molar-refractivity contribution in [2.24, 2.45) is 5.92 Å². The maximum Gasteiger partial charge on any atom is 0.349 e. The Bertz CT molecular complexity index is 1130. The van der Waals surface area contributed by atoms with Gasteiger partial charge in [0.2, 0.25) is 0 Å². The van der Waals surface area contributed by atoms with E-state index in [-0.39, 0.29) is 17.1 Å². The van der Waals surface area contributed by atoms with Gasteiger partial charge < -0.3 is 4.74 Å². The summed E-state index contributed by atoms with van der Waals surface area (Å²) in [5.74, 6) is -4.39. The topological polar surface area (TPSA) is 26.3 Å². The van der Waals surface area contributed by atoms with E-state index in [9.17, 15) is 22.4 Å². The van der Waals surface area contributed by atoms with E-state index < -0.39 is 34.8 Å². The molecule has 4 rings (SSSR count). The molecule has 1 fully saturated rings. The first-order valence-electron chi connectivity index (χ1n) is 11.0. The quantitative estimate of drug-likeness (QED) is 0.229. The van der Waals surface area contributed by atoms with Crippen molar-refractivity contribution in [1.82, 2.24) is 0 Å². The molecule has 0 radical (unpaired) electrons. The summed E-state index contributed by atoms with van der Waals surface area (Å²) in [6.45, 7) is 2.16. The average molecular weight is 444 g/mol. The second-order valence-electron chi connectivity index (χ2n) is 8.50. The van der Waals surface area contributed by atoms with Gasteiger partial charge in [0.1, 0.15) is 22.9 Å². The lowest BCUT2D eigenvalue weighted by atomic mass is 9.77. The van der Waals surface area contributed by atoms with Crippen LogP contribution >= 0.6 is 0 Å². The lowest BCUT2D eigenvalue weighted by Gasteiger charge is -2.28. The largest absolute Gasteiger partial charge is 0.423 e. The Morgan fingerprint density at radius 3 is 2.25 bits per heavy atom. The van der Waals surface area contributed by atoms with Crippen molar-refractivity contribution in [3.63, 3.8) is 0 Å². The van der Waals surface area contributed by atoms with Crippen molar-refractivity contribution in [1.29, 1.82) is 0 Å². The first kappa shape index (κ1) is 22.3. The van der Waals surface area contributed by atoms with Gasteiger partial charge in [-0.15, -0.1) is 0 Å². The summed E-state index contributed by atoms with van der Waals surface area (Å²) in [6.07, 6.45) is 6.15. The first-order chi connectivity index (χ1) is 15.4. The Hall–Kier alpha value is -2.89. The van der Waals surface area contributed by atoms with Gasteiger partial charge in [-0.2, -0.15) is 0 Å². The molecular weight excluding hydrogens is 420 g/mol. The zero-order chi connectivity index (χ0) is 22.8. The smallest absolute Gasteiger partial charge is 0.349 e. The fourth-order valence-corrected chi connectivity index (χ4v) is 4.68. The molecule has 32 heavy (non-hydrogen) atoms. The summed E-state index contributed by atoms with van der Waals surface area (Å²) in [6, 6.07) is 8.55. The van der Waals surface area contributed by atoms with Gasteiger partial charge >= 0.3 is 5.97 Å². The Morgan fingerprint density at radius 2 is 1.59 bits per heavy atom. The molecule has 0 aromatic heterocycles. The maximum absolute atomic E-state index is 14.7. The molecule has 6 heteroatoms. The molecule has 1 saturated carbocycles. The van der Waals surface area contributed by atoms with Crippen molar-refractivity contribution in [3.8, 4) is 5.75 Å². The highest BCUT2D eigenvalue weighted by molar-refractivity contribution is 5.93. The predicted molar refractivity (Wildman–Crippen MR) is 115 cm³/mol. The van der Waals surface area contributed by atoms with Gasteiger partial charge in [0, 0.05) is 5.39 Å². The van der Waals surface area contributed by atoms with Crippen LogP contribution in [0.5, 0.6) is 5.75 Å². The van der Waals surface area contributed by atoms with Crippen LogP contribution in [0.4, 0.5) is 17.6 Å². The van der Waals surface area contributed by atoms with Gasteiger partial charge in [0.25, 0.3) is 0 Å². The highest BCUT2D eigenvalue weighted by atomic mass is 19.2. The van der Waals surface area contributed by atoms with Crippen molar-refractivity contribution in [2.45, 2.75) is 51.4 Å². The second-order valence-corrected chi connectivity index (χ2v) is 8.50. The minimum Gasteiger partial charge on any atom is -0.423 e. The minimum atomic E-state index is -1.18. The van der Waals surface area contributed by atoms with E-state index in [1.165, 1.54) is 42.8 Å². The second kappa shape index (κ2) is 9.31. The van der Waals surface area contributed by atoms with Gasteiger partial charge in [-0.25, -0.2) is 22.4 Å². The van der Waals surface area contributed by atoms with Crippen LogP contribution in [0, 0.1) is 29.2 Å². The molecule has 3 aromatic carbocycles. The summed E-state index contributed by atoms with van der Waals surface area (Å²) in [5.41, 5.74) is -0.200. The molecule has 1 aliphatic rings. The zero-order valence-electron chi connectivity index (χ0n) is 17.8. The third-order valence-corrected chi connectivity index (χ3v) is 6.37. The number of halogens is 4. The number of carbonyl (C=O) groups excluding carboxylic acids is 1. The van der Waals surface area contributed by atoms with Crippen molar-refractivity contribution < 1.29 is 27.1 Å². The molecule has 0 spiro atoms. The van der Waals surface area contributed by atoms with Crippen molar-refractivity contribution in [2.75, 3.05) is 0 Å². The molecule has 0 heterocycles. The molecule has 0 bridgehead atoms. The normalized spacial score (nSPS) is 18.7. The van der Waals surface area contributed by atoms with Gasteiger partial charge in [-0.3, -0.25) is 0 Å². The number of benzene rings is 3. The number of esters is 1. The van der Waals surface area contributed by atoms with E-state index in [1.807, 2.05) is 0 Å². The van der Waals surface area contributed by atoms with Crippen LogP contribution in [0.15, 0.2) is 42.5 Å². The molecule has 1 aliphatic carbocycles. The summed E-state index contributed by atoms with van der Waals surface area (Å²) in [4.78, 5) is 12.5. The SMILES string of the molecule is CCCC1CCC(c2cc(F)c(C(=O)Oc3ccc4c(F)c(F)ccc4c3)c(F)c2)CC1. The molecular formula is C26H24F4O2. The van der Waals surface area contributed by atoms with Crippen LogP contribution in [-0.2, 0) is 0 Å². The zero-order valence-corrected chi connectivity index (χ0v) is 17.8. The van der Waals surface area contributed by atoms with E-state index in [0.29, 0.717) is 16.9 Å². The first-order valence-corrected chi connectivity index (χ1v) is 11.0. The summed E-state index contributed by atoms with van der Waals surface area (Å²) in [5, 5.41) is 0.310. The summed E-state index contributed by atoms with van der Waals surface area (Å²) in [7, 11) is 0. The molecule has 0 atom stereocenters. The molecule has 0 unspecified atom stereocenters. The molecule has 0 saturated heterocycles. The molecule has 2 nitrogen and oxygen atoms in total. The predicted octanol–water partition coefficient (Wildman–Crippen LogP) is 7.69. The highest BCUT2D eigenvalue weighted by Crippen LogP contribution is 2.38. The molecule has 3 aromatic rings. The van der Waals surface area contributed by atoms with Gasteiger partial charge in [0.15, 0.2) is 11.6 Å². The van der Waals surface area contributed by atoms with Crippen LogP contribution in [0.2, 0.25) is 0 Å². The number of ether oxygens (including phenoxy) is 1. The van der Waals surface area contributed by atoms with Crippen LogP contribution in [-0.4, -0.2) is 5.97 Å². The summed E-state index contributed by atoms with van der Waals surface area (Å²) >= 11 is 0. The van der Waals surface area contributed by atoms with Crippen LogP contribution in [0.3, 0.4) is 0 Å². The number of rotatable bonds is 5. The Balaban J connectivity index is 1.52. The van der Waals surface area contributed by atoms with Crippen LogP contribution in [0.1, 0.15) is 67.3 Å². The Labute approximate surface area is 184 Å². The molecule has 168 valence electrons. The van der Waals surface area contributed by atoms with Crippen molar-refractivity contribution in [3.05, 3.63) is 76.9 Å². The monoisotopic (exact) mass is 444 g/mol. The lowest BCUT2D eigenvalue weighted by Crippen LogP contribution is -2.16. The average Bonchev–Trinajstić information content (AvgIpc) is 2.76. The minimum absolute atomic E-state index is 0.0140.